The molecule has 0 spiro atoms. The van der Waals surface area contributed by atoms with E-state index in [1.54, 1.807) is 0 Å². The van der Waals surface area contributed by atoms with Crippen LogP contribution in [0.5, 0.6) is 0 Å². The summed E-state index contributed by atoms with van der Waals surface area (Å²) in [5, 5.41) is 17.4. The largest absolute Gasteiger partial charge is 0.455 e. The Morgan fingerprint density at radius 2 is 0.862 bits per heavy atom. The molecule has 0 saturated heterocycles. The number of furan rings is 1. The SMILES string of the molecule is c1ccc2c(-c3c4ccccc4c(-c4ccc5cc(-c6ccc7c(c6)sc6ccc8oc9c%10ccccc%10ccc9c8c67)ccc5c4)c4ccccc34)cccc2c1. The van der Waals surface area contributed by atoms with Crippen LogP contribution in [0, 0.1) is 0 Å². The van der Waals surface area contributed by atoms with Gasteiger partial charge in [0.05, 0.1) is 0 Å². The third-order valence-corrected chi connectivity index (χ3v) is 13.5. The molecule has 0 amide bonds. The van der Waals surface area contributed by atoms with Crippen molar-refractivity contribution in [3.63, 3.8) is 0 Å². The quantitative estimate of drug-likeness (QED) is 0.164. The maximum atomic E-state index is 6.55. The van der Waals surface area contributed by atoms with E-state index in [1.165, 1.54) is 113 Å². The Hall–Kier alpha value is -7.26. The Morgan fingerprint density at radius 1 is 0.310 bits per heavy atom. The van der Waals surface area contributed by atoms with Gasteiger partial charge in [-0.3, -0.25) is 0 Å². The standard InChI is InChI=1S/C56H32OS/c1-3-13-40-33(10-1)12-9-19-42(40)53-45-17-7-5-15-43(45)52(44-16-6-8-18-46(44)53)39-23-22-35-30-36(20-21-37(35)31-39)38-25-26-47-51(32-38)58-50-29-28-49-54(55(47)50)48-27-24-34-11-2-4-14-41(34)56(48)57-49/h1-32H. The predicted octanol–water partition coefficient (Wildman–Crippen LogP) is 16.7. The van der Waals surface area contributed by atoms with Gasteiger partial charge in [0.1, 0.15) is 11.2 Å². The number of benzene rings is 11. The lowest BCUT2D eigenvalue weighted by atomic mass is 9.84. The third-order valence-electron chi connectivity index (χ3n) is 12.4. The van der Waals surface area contributed by atoms with Crippen molar-refractivity contribution >= 4 is 107 Å². The summed E-state index contributed by atoms with van der Waals surface area (Å²) in [7, 11) is 0. The van der Waals surface area contributed by atoms with E-state index >= 15 is 0 Å². The molecule has 13 aromatic rings. The number of thiophene rings is 1. The maximum absolute atomic E-state index is 6.55. The molecule has 2 heterocycles. The fourth-order valence-electron chi connectivity index (χ4n) is 9.79. The molecule has 0 aliphatic heterocycles. The molecule has 0 aliphatic carbocycles. The summed E-state index contributed by atoms with van der Waals surface area (Å²) >= 11 is 1.86. The van der Waals surface area contributed by atoms with Crippen LogP contribution >= 0.6 is 11.3 Å². The Kier molecular flexibility index (Phi) is 6.66. The van der Waals surface area contributed by atoms with Gasteiger partial charge >= 0.3 is 0 Å². The monoisotopic (exact) mass is 752 g/mol. The summed E-state index contributed by atoms with van der Waals surface area (Å²) in [5.41, 5.74) is 9.44. The lowest BCUT2D eigenvalue weighted by Crippen LogP contribution is -1.91. The van der Waals surface area contributed by atoms with E-state index < -0.39 is 0 Å². The highest BCUT2D eigenvalue weighted by Gasteiger charge is 2.19. The Labute approximate surface area is 337 Å². The molecule has 0 fully saturated rings. The van der Waals surface area contributed by atoms with Crippen LogP contribution in [-0.2, 0) is 0 Å². The molecule has 0 radical (unpaired) electrons. The van der Waals surface area contributed by atoms with Crippen LogP contribution in [0.1, 0.15) is 0 Å². The zero-order valence-corrected chi connectivity index (χ0v) is 32.1. The van der Waals surface area contributed by atoms with Crippen molar-refractivity contribution in [1.29, 1.82) is 0 Å². The average molecular weight is 753 g/mol. The van der Waals surface area contributed by atoms with E-state index in [0.717, 1.165) is 16.6 Å². The van der Waals surface area contributed by atoms with Crippen molar-refractivity contribution in [2.45, 2.75) is 0 Å². The van der Waals surface area contributed by atoms with E-state index in [0.29, 0.717) is 0 Å². The molecule has 0 unspecified atom stereocenters. The van der Waals surface area contributed by atoms with E-state index in [1.807, 2.05) is 11.3 Å². The van der Waals surface area contributed by atoms with Gasteiger partial charge in [0.25, 0.3) is 0 Å². The van der Waals surface area contributed by atoms with E-state index in [4.69, 9.17) is 4.42 Å². The first-order valence-electron chi connectivity index (χ1n) is 19.9. The van der Waals surface area contributed by atoms with Crippen molar-refractivity contribution in [1.82, 2.24) is 0 Å². The third kappa shape index (κ3) is 4.58. The van der Waals surface area contributed by atoms with Gasteiger partial charge in [-0.2, -0.15) is 0 Å². The number of rotatable bonds is 3. The number of hydrogen-bond donors (Lipinski definition) is 0. The van der Waals surface area contributed by atoms with Crippen molar-refractivity contribution in [2.75, 3.05) is 0 Å². The highest BCUT2D eigenvalue weighted by Crippen LogP contribution is 2.47. The van der Waals surface area contributed by atoms with Gasteiger partial charge in [-0.25, -0.2) is 0 Å². The van der Waals surface area contributed by atoms with Gasteiger partial charge in [-0.05, 0) is 118 Å². The van der Waals surface area contributed by atoms with E-state index in [9.17, 15) is 0 Å². The van der Waals surface area contributed by atoms with Crippen molar-refractivity contribution in [2.24, 2.45) is 0 Å². The van der Waals surface area contributed by atoms with Crippen LogP contribution in [0.2, 0.25) is 0 Å². The minimum atomic E-state index is 0.943. The lowest BCUT2D eigenvalue weighted by Gasteiger charge is -2.19. The topological polar surface area (TPSA) is 13.1 Å². The lowest BCUT2D eigenvalue weighted by molar-refractivity contribution is 0.673. The smallest absolute Gasteiger partial charge is 0.143 e. The predicted molar refractivity (Wildman–Crippen MR) is 250 cm³/mol. The number of fused-ring (bicyclic) bond motifs is 13. The molecule has 268 valence electrons. The molecule has 1 nitrogen and oxygen atoms in total. The van der Waals surface area contributed by atoms with Gasteiger partial charge in [0.2, 0.25) is 0 Å². The Balaban J connectivity index is 0.937. The second-order valence-electron chi connectivity index (χ2n) is 15.5. The summed E-state index contributed by atoms with van der Waals surface area (Å²) in [4.78, 5) is 0. The Bertz CT molecular complexity index is 3800. The first-order valence-corrected chi connectivity index (χ1v) is 20.7. The average Bonchev–Trinajstić information content (AvgIpc) is 3.86. The summed E-state index contributed by atoms with van der Waals surface area (Å²) < 4.78 is 9.12. The van der Waals surface area contributed by atoms with Crippen LogP contribution in [0.15, 0.2) is 199 Å². The zero-order valence-electron chi connectivity index (χ0n) is 31.3. The minimum Gasteiger partial charge on any atom is -0.455 e. The molecule has 13 rings (SSSR count). The van der Waals surface area contributed by atoms with Crippen LogP contribution in [0.4, 0.5) is 0 Å². The zero-order chi connectivity index (χ0) is 37.9. The van der Waals surface area contributed by atoms with Crippen LogP contribution in [0.25, 0.3) is 129 Å². The molecule has 0 aliphatic rings. The second kappa shape index (κ2) is 12.1. The van der Waals surface area contributed by atoms with Crippen molar-refractivity contribution in [3.05, 3.63) is 194 Å². The summed E-state index contributed by atoms with van der Waals surface area (Å²) in [6.45, 7) is 0. The second-order valence-corrected chi connectivity index (χ2v) is 16.6. The molecule has 2 aromatic heterocycles. The highest BCUT2D eigenvalue weighted by atomic mass is 32.1. The highest BCUT2D eigenvalue weighted by molar-refractivity contribution is 7.26. The summed E-state index contributed by atoms with van der Waals surface area (Å²) in [6.07, 6.45) is 0. The minimum absolute atomic E-state index is 0.943. The molecule has 58 heavy (non-hydrogen) atoms. The first-order chi connectivity index (χ1) is 28.7. The van der Waals surface area contributed by atoms with Crippen LogP contribution in [0.3, 0.4) is 0 Å². The van der Waals surface area contributed by atoms with Crippen molar-refractivity contribution in [3.8, 4) is 33.4 Å². The molecule has 0 bridgehead atoms. The molecule has 2 heteroatoms. The first kappa shape index (κ1) is 31.9. The molecule has 0 N–H and O–H groups in total. The van der Waals surface area contributed by atoms with Gasteiger partial charge in [-0.15, -0.1) is 11.3 Å². The molecule has 0 atom stereocenters. The molecular weight excluding hydrogens is 721 g/mol. The van der Waals surface area contributed by atoms with Gasteiger partial charge in [0, 0.05) is 36.3 Å². The summed E-state index contributed by atoms with van der Waals surface area (Å²) in [6, 6.07) is 71.5. The van der Waals surface area contributed by atoms with Gasteiger partial charge < -0.3 is 4.42 Å². The van der Waals surface area contributed by atoms with Crippen LogP contribution in [-0.4, -0.2) is 0 Å². The maximum Gasteiger partial charge on any atom is 0.143 e. The van der Waals surface area contributed by atoms with Gasteiger partial charge in [0.15, 0.2) is 0 Å². The fourth-order valence-corrected chi connectivity index (χ4v) is 10.9. The Morgan fingerprint density at radius 3 is 1.62 bits per heavy atom. The molecular formula is C56H32OS. The fraction of sp³-hybridized carbons (Fsp3) is 0. The number of hydrogen-bond acceptors (Lipinski definition) is 2. The van der Waals surface area contributed by atoms with E-state index in [-0.39, 0.29) is 0 Å². The van der Waals surface area contributed by atoms with Crippen molar-refractivity contribution < 1.29 is 4.42 Å². The normalized spacial score (nSPS) is 12.1. The van der Waals surface area contributed by atoms with E-state index in [2.05, 4.69) is 194 Å². The molecule has 0 saturated carbocycles. The molecule has 11 aromatic carbocycles. The van der Waals surface area contributed by atoms with Crippen LogP contribution < -0.4 is 0 Å². The van der Waals surface area contributed by atoms with Gasteiger partial charge in [-0.1, -0.05) is 158 Å². The summed E-state index contributed by atoms with van der Waals surface area (Å²) in [5.74, 6) is 0.